The fraction of sp³-hybridized carbons (Fsp3) is 1.00. The van der Waals surface area contributed by atoms with Crippen molar-refractivity contribution in [3.05, 3.63) is 0 Å². The van der Waals surface area contributed by atoms with Crippen LogP contribution in [0.4, 0.5) is 0 Å². The molecule has 0 aromatic carbocycles. The van der Waals surface area contributed by atoms with Gasteiger partial charge in [-0.2, -0.15) is 0 Å². The van der Waals surface area contributed by atoms with E-state index >= 15 is 0 Å². The van der Waals surface area contributed by atoms with Crippen molar-refractivity contribution in [3.63, 3.8) is 0 Å². The second-order valence-electron chi connectivity index (χ2n) is 4.38. The van der Waals surface area contributed by atoms with Crippen LogP contribution >= 0.6 is 0 Å². The van der Waals surface area contributed by atoms with E-state index in [1.54, 1.807) is 0 Å². The van der Waals surface area contributed by atoms with E-state index in [9.17, 15) is 8.42 Å². The van der Waals surface area contributed by atoms with Crippen LogP contribution in [0.2, 0.25) is 0 Å². The topological polar surface area (TPSA) is 86.2 Å². The predicted molar refractivity (Wildman–Crippen MR) is 57.2 cm³/mol. The Morgan fingerprint density at radius 2 is 1.79 bits per heavy atom. The minimum Gasteiger partial charge on any atom is -0.330 e. The van der Waals surface area contributed by atoms with Gasteiger partial charge < -0.3 is 5.73 Å². The second-order valence-corrected chi connectivity index (χ2v) is 6.12. The lowest BCUT2D eigenvalue weighted by Crippen LogP contribution is -2.28. The average Bonchev–Trinajstić information content (AvgIpc) is 2.52. The zero-order valence-electron chi connectivity index (χ0n) is 8.54. The normalized spacial score (nSPS) is 21.3. The van der Waals surface area contributed by atoms with Gasteiger partial charge in [0.1, 0.15) is 0 Å². The highest BCUT2D eigenvalue weighted by atomic mass is 32.2. The highest BCUT2D eigenvalue weighted by Crippen LogP contribution is 2.40. The molecule has 0 atom stereocenters. The molecule has 1 saturated carbocycles. The van der Waals surface area contributed by atoms with Gasteiger partial charge in [-0.25, -0.2) is 13.6 Å². The maximum atomic E-state index is 10.7. The molecule has 1 fully saturated rings. The van der Waals surface area contributed by atoms with Crippen molar-refractivity contribution in [2.24, 2.45) is 16.3 Å². The maximum absolute atomic E-state index is 10.7. The Kier molecular flexibility index (Phi) is 3.92. The molecule has 0 bridgehead atoms. The Bertz CT molecular complexity index is 269. The first-order valence-electron chi connectivity index (χ1n) is 5.18. The van der Waals surface area contributed by atoms with Gasteiger partial charge in [-0.05, 0) is 37.6 Å². The zero-order chi connectivity index (χ0) is 10.7. The summed E-state index contributed by atoms with van der Waals surface area (Å²) in [6.45, 7) is 0.678. The van der Waals surface area contributed by atoms with E-state index in [1.807, 2.05) is 0 Å². The third-order valence-electron chi connectivity index (χ3n) is 3.23. The standard InChI is InChI=1S/C9H20N2O2S/c10-8-9(4-1-2-5-9)6-3-7-14(11,12)13/h1-8,10H2,(H2,11,12,13). The summed E-state index contributed by atoms with van der Waals surface area (Å²) < 4.78 is 21.5. The van der Waals surface area contributed by atoms with E-state index in [1.165, 1.54) is 12.8 Å². The SMILES string of the molecule is NCC1(CCCS(N)(=O)=O)CCCC1. The maximum Gasteiger partial charge on any atom is 0.209 e. The number of primary sulfonamides is 1. The van der Waals surface area contributed by atoms with Gasteiger partial charge in [0.2, 0.25) is 10.0 Å². The van der Waals surface area contributed by atoms with E-state index in [2.05, 4.69) is 0 Å². The summed E-state index contributed by atoms with van der Waals surface area (Å²) in [6.07, 6.45) is 6.30. The van der Waals surface area contributed by atoms with Crippen LogP contribution in [0.15, 0.2) is 0 Å². The Hall–Kier alpha value is -0.130. The van der Waals surface area contributed by atoms with Crippen molar-refractivity contribution in [1.29, 1.82) is 0 Å². The van der Waals surface area contributed by atoms with Crippen LogP contribution in [-0.4, -0.2) is 20.7 Å². The van der Waals surface area contributed by atoms with Crippen molar-refractivity contribution in [3.8, 4) is 0 Å². The quantitative estimate of drug-likeness (QED) is 0.710. The summed E-state index contributed by atoms with van der Waals surface area (Å²) in [5.74, 6) is 0.0920. The zero-order valence-corrected chi connectivity index (χ0v) is 9.35. The molecule has 0 aromatic rings. The molecule has 5 heteroatoms. The van der Waals surface area contributed by atoms with E-state index in [0.717, 1.165) is 19.3 Å². The summed E-state index contributed by atoms with van der Waals surface area (Å²) in [6, 6.07) is 0. The molecular formula is C9H20N2O2S. The molecule has 0 heterocycles. The van der Waals surface area contributed by atoms with Crippen LogP contribution in [0.25, 0.3) is 0 Å². The highest BCUT2D eigenvalue weighted by Gasteiger charge is 2.31. The molecule has 1 aliphatic carbocycles. The van der Waals surface area contributed by atoms with Crippen molar-refractivity contribution >= 4 is 10.0 Å². The number of rotatable bonds is 5. The Labute approximate surface area is 86.1 Å². The average molecular weight is 220 g/mol. The third kappa shape index (κ3) is 3.55. The predicted octanol–water partition coefficient (Wildman–Crippen LogP) is 0.574. The van der Waals surface area contributed by atoms with Crippen LogP contribution in [0.1, 0.15) is 38.5 Å². The third-order valence-corrected chi connectivity index (χ3v) is 4.09. The van der Waals surface area contributed by atoms with E-state index in [-0.39, 0.29) is 11.2 Å². The van der Waals surface area contributed by atoms with Gasteiger partial charge in [0, 0.05) is 0 Å². The van der Waals surface area contributed by atoms with Crippen LogP contribution in [-0.2, 0) is 10.0 Å². The van der Waals surface area contributed by atoms with Crippen LogP contribution in [0.3, 0.4) is 0 Å². The molecule has 14 heavy (non-hydrogen) atoms. The number of sulfonamides is 1. The molecule has 0 radical (unpaired) electrons. The molecular weight excluding hydrogens is 200 g/mol. The van der Waals surface area contributed by atoms with Crippen molar-refractivity contribution < 1.29 is 8.42 Å². The van der Waals surface area contributed by atoms with Crippen molar-refractivity contribution in [2.75, 3.05) is 12.3 Å². The lowest BCUT2D eigenvalue weighted by atomic mass is 9.82. The molecule has 0 aromatic heterocycles. The van der Waals surface area contributed by atoms with E-state index in [4.69, 9.17) is 10.9 Å². The van der Waals surface area contributed by atoms with Crippen LogP contribution in [0.5, 0.6) is 0 Å². The highest BCUT2D eigenvalue weighted by molar-refractivity contribution is 7.89. The first kappa shape index (κ1) is 11.9. The Balaban J connectivity index is 2.35. The van der Waals surface area contributed by atoms with Crippen LogP contribution < -0.4 is 10.9 Å². The largest absolute Gasteiger partial charge is 0.330 e. The Morgan fingerprint density at radius 3 is 2.21 bits per heavy atom. The molecule has 0 spiro atoms. The minimum atomic E-state index is -3.29. The van der Waals surface area contributed by atoms with Crippen LogP contribution in [0, 0.1) is 5.41 Å². The van der Waals surface area contributed by atoms with Crippen molar-refractivity contribution in [1.82, 2.24) is 0 Å². The molecule has 4 nitrogen and oxygen atoms in total. The van der Waals surface area contributed by atoms with E-state index in [0.29, 0.717) is 13.0 Å². The minimum absolute atomic E-state index is 0.0920. The molecule has 0 amide bonds. The molecule has 0 saturated heterocycles. The van der Waals surface area contributed by atoms with Gasteiger partial charge in [-0.1, -0.05) is 12.8 Å². The second kappa shape index (κ2) is 4.59. The number of hydrogen-bond donors (Lipinski definition) is 2. The van der Waals surface area contributed by atoms with Gasteiger partial charge in [0.25, 0.3) is 0 Å². The molecule has 1 rings (SSSR count). The molecule has 0 unspecified atom stereocenters. The summed E-state index contributed by atoms with van der Waals surface area (Å²) in [5.41, 5.74) is 5.95. The number of nitrogens with two attached hydrogens (primary N) is 2. The fourth-order valence-electron chi connectivity index (χ4n) is 2.33. The lowest BCUT2D eigenvalue weighted by molar-refractivity contribution is 0.280. The van der Waals surface area contributed by atoms with Gasteiger partial charge >= 0.3 is 0 Å². The lowest BCUT2D eigenvalue weighted by Gasteiger charge is -2.26. The first-order valence-corrected chi connectivity index (χ1v) is 6.90. The molecule has 1 aliphatic rings. The summed E-state index contributed by atoms with van der Waals surface area (Å²) >= 11 is 0. The first-order chi connectivity index (χ1) is 6.47. The van der Waals surface area contributed by atoms with Gasteiger partial charge in [0.05, 0.1) is 5.75 Å². The van der Waals surface area contributed by atoms with Gasteiger partial charge in [0.15, 0.2) is 0 Å². The smallest absolute Gasteiger partial charge is 0.209 e. The fourth-order valence-corrected chi connectivity index (χ4v) is 2.88. The van der Waals surface area contributed by atoms with Gasteiger partial charge in [-0.15, -0.1) is 0 Å². The Morgan fingerprint density at radius 1 is 1.21 bits per heavy atom. The monoisotopic (exact) mass is 220 g/mol. The molecule has 0 aliphatic heterocycles. The molecule has 84 valence electrons. The molecule has 4 N–H and O–H groups in total. The van der Waals surface area contributed by atoms with Gasteiger partial charge in [-0.3, -0.25) is 0 Å². The summed E-state index contributed by atoms with van der Waals surface area (Å²) in [7, 11) is -3.29. The summed E-state index contributed by atoms with van der Waals surface area (Å²) in [4.78, 5) is 0. The van der Waals surface area contributed by atoms with Crippen molar-refractivity contribution in [2.45, 2.75) is 38.5 Å². The summed E-state index contributed by atoms with van der Waals surface area (Å²) in [5, 5.41) is 4.95. The number of hydrogen-bond acceptors (Lipinski definition) is 3. The van der Waals surface area contributed by atoms with E-state index < -0.39 is 10.0 Å².